The van der Waals surface area contributed by atoms with Gasteiger partial charge in [0, 0.05) is 30.6 Å². The second-order valence-corrected chi connectivity index (χ2v) is 6.74. The Labute approximate surface area is 134 Å². The molecular formula is C17H20O6. The zero-order valence-electron chi connectivity index (χ0n) is 12.9. The Bertz CT molecular complexity index is 632. The molecule has 2 fully saturated rings. The van der Waals surface area contributed by atoms with Crippen molar-refractivity contribution in [3.05, 3.63) is 17.7 Å². The molecule has 6 heteroatoms. The summed E-state index contributed by atoms with van der Waals surface area (Å²) in [4.78, 5) is 0. The van der Waals surface area contributed by atoms with E-state index in [2.05, 4.69) is 0 Å². The van der Waals surface area contributed by atoms with E-state index >= 15 is 0 Å². The number of aliphatic hydroxyl groups excluding tert-OH is 1. The quantitative estimate of drug-likeness (QED) is 0.845. The lowest BCUT2D eigenvalue weighted by Crippen LogP contribution is -2.56. The van der Waals surface area contributed by atoms with Crippen molar-refractivity contribution in [3.63, 3.8) is 0 Å². The monoisotopic (exact) mass is 320 g/mol. The van der Waals surface area contributed by atoms with Gasteiger partial charge in [-0.2, -0.15) is 0 Å². The molecule has 1 aliphatic carbocycles. The Kier molecular flexibility index (Phi) is 3.02. The topological polar surface area (TPSA) is 66.4 Å². The third-order valence-corrected chi connectivity index (χ3v) is 5.68. The first kappa shape index (κ1) is 13.9. The SMILES string of the molecule is CO[C@H]1CC[C@@H]2[C@H]3Oc4cc5c(cc4[C@H]3CO[C@H]2[C@@H]1O)OCO5. The average molecular weight is 320 g/mol. The predicted octanol–water partition coefficient (Wildman–Crippen LogP) is 1.44. The maximum absolute atomic E-state index is 10.5. The van der Waals surface area contributed by atoms with Gasteiger partial charge in [0.25, 0.3) is 0 Å². The van der Waals surface area contributed by atoms with Crippen LogP contribution in [0.5, 0.6) is 17.2 Å². The first-order chi connectivity index (χ1) is 11.3. The minimum Gasteiger partial charge on any atom is -0.489 e. The van der Waals surface area contributed by atoms with E-state index in [0.717, 1.165) is 35.7 Å². The van der Waals surface area contributed by atoms with Gasteiger partial charge < -0.3 is 28.8 Å². The normalized spacial score (nSPS) is 40.1. The third kappa shape index (κ3) is 1.92. The highest BCUT2D eigenvalue weighted by Gasteiger charge is 2.52. The Balaban J connectivity index is 1.45. The first-order valence-electron chi connectivity index (χ1n) is 8.19. The van der Waals surface area contributed by atoms with E-state index in [1.165, 1.54) is 0 Å². The van der Waals surface area contributed by atoms with Gasteiger partial charge in [-0.1, -0.05) is 0 Å². The molecule has 124 valence electrons. The van der Waals surface area contributed by atoms with E-state index in [-0.39, 0.29) is 36.9 Å². The molecule has 0 radical (unpaired) electrons. The number of aliphatic hydroxyl groups is 1. The molecule has 1 aromatic rings. The van der Waals surface area contributed by atoms with Gasteiger partial charge in [0.2, 0.25) is 6.79 Å². The van der Waals surface area contributed by atoms with Crippen LogP contribution in [0, 0.1) is 5.92 Å². The minimum absolute atomic E-state index is 0.0405. The standard InChI is InChI=1S/C17H20O6/c1-19-11-3-2-8-16-10(6-20-17(8)15(11)18)9-4-13-14(22-7-21-13)5-12(9)23-16/h4-5,8,10-11,15-18H,2-3,6-7H2,1H3/t8-,10-,11+,15-,16-,17-/m1/s1. The smallest absolute Gasteiger partial charge is 0.231 e. The van der Waals surface area contributed by atoms with Gasteiger partial charge in [0.05, 0.1) is 18.8 Å². The van der Waals surface area contributed by atoms with Gasteiger partial charge >= 0.3 is 0 Å². The summed E-state index contributed by atoms with van der Waals surface area (Å²) in [6.45, 7) is 0.810. The van der Waals surface area contributed by atoms with Crippen molar-refractivity contribution in [1.29, 1.82) is 0 Å². The molecule has 23 heavy (non-hydrogen) atoms. The Morgan fingerprint density at radius 2 is 1.91 bits per heavy atom. The van der Waals surface area contributed by atoms with E-state index in [9.17, 15) is 5.11 Å². The van der Waals surface area contributed by atoms with E-state index in [4.69, 9.17) is 23.7 Å². The zero-order chi connectivity index (χ0) is 15.6. The maximum atomic E-state index is 10.5. The molecule has 1 saturated carbocycles. The summed E-state index contributed by atoms with van der Waals surface area (Å²) in [5, 5.41) is 10.5. The van der Waals surface area contributed by atoms with Crippen molar-refractivity contribution in [2.24, 2.45) is 5.92 Å². The van der Waals surface area contributed by atoms with Crippen LogP contribution in [-0.4, -0.2) is 50.0 Å². The van der Waals surface area contributed by atoms with Crippen LogP contribution in [0.4, 0.5) is 0 Å². The predicted molar refractivity (Wildman–Crippen MR) is 79.0 cm³/mol. The molecule has 3 aliphatic heterocycles. The number of hydrogen-bond acceptors (Lipinski definition) is 6. The molecule has 0 unspecified atom stereocenters. The first-order valence-corrected chi connectivity index (χ1v) is 8.19. The highest BCUT2D eigenvalue weighted by atomic mass is 16.7. The highest BCUT2D eigenvalue weighted by molar-refractivity contribution is 5.55. The second-order valence-electron chi connectivity index (χ2n) is 6.74. The van der Waals surface area contributed by atoms with Gasteiger partial charge in [-0.05, 0) is 18.9 Å². The fourth-order valence-electron chi connectivity index (χ4n) is 4.51. The summed E-state index contributed by atoms with van der Waals surface area (Å²) in [6, 6.07) is 3.94. The highest BCUT2D eigenvalue weighted by Crippen LogP contribution is 2.52. The van der Waals surface area contributed by atoms with E-state index in [1.54, 1.807) is 7.11 Å². The van der Waals surface area contributed by atoms with E-state index < -0.39 is 6.10 Å². The van der Waals surface area contributed by atoms with Crippen molar-refractivity contribution in [3.8, 4) is 17.2 Å². The summed E-state index contributed by atoms with van der Waals surface area (Å²) in [5.41, 5.74) is 1.13. The number of ether oxygens (including phenoxy) is 5. The lowest BCUT2D eigenvalue weighted by atomic mass is 9.73. The van der Waals surface area contributed by atoms with Gasteiger partial charge in [-0.3, -0.25) is 0 Å². The summed E-state index contributed by atoms with van der Waals surface area (Å²) < 4.78 is 28.6. The Morgan fingerprint density at radius 3 is 2.74 bits per heavy atom. The number of fused-ring (bicyclic) bond motifs is 6. The second kappa shape index (κ2) is 5.00. The van der Waals surface area contributed by atoms with Gasteiger partial charge in [0.15, 0.2) is 11.5 Å². The Hall–Kier alpha value is -1.50. The van der Waals surface area contributed by atoms with E-state index in [1.807, 2.05) is 12.1 Å². The zero-order valence-corrected chi connectivity index (χ0v) is 12.9. The van der Waals surface area contributed by atoms with Crippen LogP contribution in [0.2, 0.25) is 0 Å². The molecule has 3 heterocycles. The Morgan fingerprint density at radius 1 is 1.09 bits per heavy atom. The minimum atomic E-state index is -0.594. The van der Waals surface area contributed by atoms with Crippen LogP contribution in [0.3, 0.4) is 0 Å². The molecule has 5 rings (SSSR count). The van der Waals surface area contributed by atoms with Crippen molar-refractivity contribution in [1.82, 2.24) is 0 Å². The van der Waals surface area contributed by atoms with Crippen LogP contribution in [0.15, 0.2) is 12.1 Å². The largest absolute Gasteiger partial charge is 0.489 e. The number of rotatable bonds is 1. The molecule has 6 nitrogen and oxygen atoms in total. The van der Waals surface area contributed by atoms with E-state index in [0.29, 0.717) is 6.61 Å². The molecule has 0 aromatic heterocycles. The van der Waals surface area contributed by atoms with Crippen LogP contribution in [0.25, 0.3) is 0 Å². The van der Waals surface area contributed by atoms with Crippen molar-refractivity contribution < 1.29 is 28.8 Å². The van der Waals surface area contributed by atoms with Crippen molar-refractivity contribution >= 4 is 0 Å². The molecule has 6 atom stereocenters. The third-order valence-electron chi connectivity index (χ3n) is 5.68. The van der Waals surface area contributed by atoms with Crippen LogP contribution < -0.4 is 14.2 Å². The number of methoxy groups -OCH3 is 1. The van der Waals surface area contributed by atoms with Gasteiger partial charge in [0.1, 0.15) is 18.0 Å². The molecule has 4 aliphatic rings. The molecule has 0 bridgehead atoms. The number of benzene rings is 1. The number of hydrogen-bond donors (Lipinski definition) is 1. The molecule has 1 aromatic carbocycles. The maximum Gasteiger partial charge on any atom is 0.231 e. The van der Waals surface area contributed by atoms with Gasteiger partial charge in [-0.25, -0.2) is 0 Å². The molecule has 1 N–H and O–H groups in total. The fourth-order valence-corrected chi connectivity index (χ4v) is 4.51. The summed E-state index contributed by atoms with van der Waals surface area (Å²) in [6.07, 6.45) is 0.837. The molecule has 1 saturated heterocycles. The molecule has 0 amide bonds. The molecular weight excluding hydrogens is 300 g/mol. The lowest BCUT2D eigenvalue weighted by Gasteiger charge is -2.46. The molecule has 0 spiro atoms. The average Bonchev–Trinajstić information content (AvgIpc) is 3.16. The lowest BCUT2D eigenvalue weighted by molar-refractivity contribution is -0.187. The summed E-state index contributed by atoms with van der Waals surface area (Å²) in [7, 11) is 1.64. The van der Waals surface area contributed by atoms with Crippen LogP contribution >= 0.6 is 0 Å². The van der Waals surface area contributed by atoms with Crippen molar-refractivity contribution in [2.75, 3.05) is 20.5 Å². The van der Waals surface area contributed by atoms with Crippen LogP contribution in [0.1, 0.15) is 24.3 Å². The van der Waals surface area contributed by atoms with Crippen LogP contribution in [-0.2, 0) is 9.47 Å². The summed E-state index contributed by atoms with van der Waals surface area (Å²) >= 11 is 0. The van der Waals surface area contributed by atoms with Crippen molar-refractivity contribution in [2.45, 2.75) is 43.2 Å². The van der Waals surface area contributed by atoms with Gasteiger partial charge in [-0.15, -0.1) is 0 Å². The summed E-state index contributed by atoms with van der Waals surface area (Å²) in [5.74, 6) is 2.74. The fraction of sp³-hybridized carbons (Fsp3) is 0.647.